The summed E-state index contributed by atoms with van der Waals surface area (Å²) in [6.07, 6.45) is 2.46. The van der Waals surface area contributed by atoms with E-state index < -0.39 is 0 Å². The molecule has 1 fully saturated rings. The topological polar surface area (TPSA) is 61.4 Å². The molecular formula is C17H25N3O2. The Balaban J connectivity index is 1.79. The van der Waals surface area contributed by atoms with Gasteiger partial charge in [-0.3, -0.25) is 14.5 Å². The minimum atomic E-state index is -0.0895. The molecule has 1 saturated carbocycles. The Hall–Kier alpha value is -1.88. The molecule has 1 aromatic carbocycles. The van der Waals surface area contributed by atoms with Crippen molar-refractivity contribution in [3.63, 3.8) is 0 Å². The van der Waals surface area contributed by atoms with E-state index in [2.05, 4.69) is 17.6 Å². The zero-order valence-corrected chi connectivity index (χ0v) is 13.6. The van der Waals surface area contributed by atoms with Gasteiger partial charge in [-0.05, 0) is 50.4 Å². The van der Waals surface area contributed by atoms with Crippen molar-refractivity contribution in [2.75, 3.05) is 20.6 Å². The van der Waals surface area contributed by atoms with Crippen LogP contribution in [0.2, 0.25) is 0 Å². The SMILES string of the molecule is CNC(=O)c1ccc(CN(C)CC(=O)N[C@@H](C)C2CC2)cc1. The highest BCUT2D eigenvalue weighted by Crippen LogP contribution is 2.32. The fraction of sp³-hybridized carbons (Fsp3) is 0.529. The van der Waals surface area contributed by atoms with E-state index in [0.29, 0.717) is 24.6 Å². The lowest BCUT2D eigenvalue weighted by molar-refractivity contribution is -0.122. The lowest BCUT2D eigenvalue weighted by Crippen LogP contribution is -2.40. The second-order valence-electron chi connectivity index (χ2n) is 6.14. The molecule has 0 aromatic heterocycles. The van der Waals surface area contributed by atoms with E-state index in [4.69, 9.17) is 0 Å². The third kappa shape index (κ3) is 4.84. The molecule has 0 spiro atoms. The summed E-state index contributed by atoms with van der Waals surface area (Å²) >= 11 is 0. The highest BCUT2D eigenvalue weighted by molar-refractivity contribution is 5.93. The number of rotatable bonds is 7. The van der Waals surface area contributed by atoms with E-state index in [9.17, 15) is 9.59 Å². The zero-order valence-electron chi connectivity index (χ0n) is 13.6. The molecule has 1 aliphatic rings. The van der Waals surface area contributed by atoms with Gasteiger partial charge in [-0.2, -0.15) is 0 Å². The van der Waals surface area contributed by atoms with Crippen molar-refractivity contribution in [1.29, 1.82) is 0 Å². The van der Waals surface area contributed by atoms with Crippen LogP contribution in [-0.2, 0) is 11.3 Å². The van der Waals surface area contributed by atoms with Gasteiger partial charge in [0, 0.05) is 25.2 Å². The zero-order chi connectivity index (χ0) is 16.1. The molecule has 1 aromatic rings. The van der Waals surface area contributed by atoms with Crippen molar-refractivity contribution in [3.05, 3.63) is 35.4 Å². The van der Waals surface area contributed by atoms with Crippen LogP contribution in [0.1, 0.15) is 35.7 Å². The molecule has 120 valence electrons. The molecule has 2 rings (SSSR count). The van der Waals surface area contributed by atoms with Crippen LogP contribution in [0, 0.1) is 5.92 Å². The molecule has 0 radical (unpaired) electrons. The van der Waals surface area contributed by atoms with Gasteiger partial charge in [0.25, 0.3) is 5.91 Å². The molecule has 2 amide bonds. The molecule has 5 nitrogen and oxygen atoms in total. The first kappa shape index (κ1) is 16.5. The Labute approximate surface area is 132 Å². The number of benzene rings is 1. The molecule has 0 aliphatic heterocycles. The molecule has 2 N–H and O–H groups in total. The van der Waals surface area contributed by atoms with E-state index in [1.165, 1.54) is 12.8 Å². The van der Waals surface area contributed by atoms with E-state index in [0.717, 1.165) is 5.56 Å². The van der Waals surface area contributed by atoms with Crippen LogP contribution >= 0.6 is 0 Å². The lowest BCUT2D eigenvalue weighted by Gasteiger charge is -2.19. The molecule has 1 aliphatic carbocycles. The van der Waals surface area contributed by atoms with Gasteiger partial charge in [-0.25, -0.2) is 0 Å². The predicted octanol–water partition coefficient (Wildman–Crippen LogP) is 1.39. The number of nitrogens with one attached hydrogen (secondary N) is 2. The molecule has 0 unspecified atom stereocenters. The number of hydrogen-bond acceptors (Lipinski definition) is 3. The van der Waals surface area contributed by atoms with Crippen molar-refractivity contribution in [3.8, 4) is 0 Å². The van der Waals surface area contributed by atoms with Gasteiger partial charge in [0.15, 0.2) is 0 Å². The van der Waals surface area contributed by atoms with Gasteiger partial charge < -0.3 is 10.6 Å². The van der Waals surface area contributed by atoms with Crippen LogP contribution in [0.25, 0.3) is 0 Å². The number of likely N-dealkylation sites (N-methyl/N-ethyl adjacent to an activating group) is 1. The number of amides is 2. The van der Waals surface area contributed by atoms with Crippen molar-refractivity contribution >= 4 is 11.8 Å². The maximum absolute atomic E-state index is 12.0. The van der Waals surface area contributed by atoms with Gasteiger partial charge in [-0.15, -0.1) is 0 Å². The van der Waals surface area contributed by atoms with E-state index in [1.807, 2.05) is 24.1 Å². The molecule has 0 bridgehead atoms. The van der Waals surface area contributed by atoms with Crippen molar-refractivity contribution in [2.24, 2.45) is 5.92 Å². The van der Waals surface area contributed by atoms with Crippen LogP contribution < -0.4 is 10.6 Å². The highest BCUT2D eigenvalue weighted by Gasteiger charge is 2.28. The fourth-order valence-electron chi connectivity index (χ4n) is 2.53. The fourth-order valence-corrected chi connectivity index (χ4v) is 2.53. The minimum absolute atomic E-state index is 0.0730. The smallest absolute Gasteiger partial charge is 0.251 e. The molecular weight excluding hydrogens is 278 g/mol. The van der Waals surface area contributed by atoms with Crippen LogP contribution in [0.15, 0.2) is 24.3 Å². The number of hydrogen-bond donors (Lipinski definition) is 2. The first-order valence-electron chi connectivity index (χ1n) is 7.78. The molecule has 22 heavy (non-hydrogen) atoms. The second kappa shape index (κ2) is 7.40. The average Bonchev–Trinajstić information content (AvgIpc) is 3.31. The van der Waals surface area contributed by atoms with Crippen molar-refractivity contribution in [1.82, 2.24) is 15.5 Å². The summed E-state index contributed by atoms with van der Waals surface area (Å²) in [7, 11) is 3.54. The summed E-state index contributed by atoms with van der Waals surface area (Å²) in [4.78, 5) is 25.4. The maximum atomic E-state index is 12.0. The normalized spacial score (nSPS) is 15.5. The van der Waals surface area contributed by atoms with Gasteiger partial charge in [-0.1, -0.05) is 12.1 Å². The summed E-state index contributed by atoms with van der Waals surface area (Å²) in [5.41, 5.74) is 1.73. The largest absolute Gasteiger partial charge is 0.355 e. The third-order valence-corrected chi connectivity index (χ3v) is 4.03. The van der Waals surface area contributed by atoms with Crippen LogP contribution in [0.4, 0.5) is 0 Å². The monoisotopic (exact) mass is 303 g/mol. The van der Waals surface area contributed by atoms with E-state index in [-0.39, 0.29) is 17.9 Å². The lowest BCUT2D eigenvalue weighted by atomic mass is 10.1. The van der Waals surface area contributed by atoms with Crippen molar-refractivity contribution < 1.29 is 9.59 Å². The van der Waals surface area contributed by atoms with Crippen LogP contribution in [0.5, 0.6) is 0 Å². The standard InChI is InChI=1S/C17H25N3O2/c1-12(14-8-9-14)19-16(21)11-20(3)10-13-4-6-15(7-5-13)17(22)18-2/h4-7,12,14H,8-11H2,1-3H3,(H,18,22)(H,19,21)/t12-/m0/s1. The molecule has 1 atom stereocenters. The Morgan fingerprint density at radius 2 is 1.91 bits per heavy atom. The highest BCUT2D eigenvalue weighted by atomic mass is 16.2. The van der Waals surface area contributed by atoms with Crippen LogP contribution in [-0.4, -0.2) is 43.4 Å². The second-order valence-corrected chi connectivity index (χ2v) is 6.14. The maximum Gasteiger partial charge on any atom is 0.251 e. The van der Waals surface area contributed by atoms with Gasteiger partial charge in [0.1, 0.15) is 0 Å². The Kier molecular flexibility index (Phi) is 5.55. The Morgan fingerprint density at radius 1 is 1.27 bits per heavy atom. The summed E-state index contributed by atoms with van der Waals surface area (Å²) in [6, 6.07) is 7.74. The van der Waals surface area contributed by atoms with Gasteiger partial charge in [0.05, 0.1) is 6.54 Å². The molecule has 5 heteroatoms. The quantitative estimate of drug-likeness (QED) is 0.800. The summed E-state index contributed by atoms with van der Waals surface area (Å²) in [5.74, 6) is 0.656. The van der Waals surface area contributed by atoms with E-state index >= 15 is 0 Å². The predicted molar refractivity (Wildman–Crippen MR) is 86.5 cm³/mol. The Bertz CT molecular complexity index is 523. The average molecular weight is 303 g/mol. The number of carbonyl (C=O) groups is 2. The van der Waals surface area contributed by atoms with Crippen molar-refractivity contribution in [2.45, 2.75) is 32.4 Å². The third-order valence-electron chi connectivity index (χ3n) is 4.03. The molecule has 0 heterocycles. The first-order valence-corrected chi connectivity index (χ1v) is 7.78. The summed E-state index contributed by atoms with van der Waals surface area (Å²) in [6.45, 7) is 3.14. The van der Waals surface area contributed by atoms with Gasteiger partial charge >= 0.3 is 0 Å². The summed E-state index contributed by atoms with van der Waals surface area (Å²) < 4.78 is 0. The van der Waals surface area contributed by atoms with Gasteiger partial charge in [0.2, 0.25) is 5.91 Å². The van der Waals surface area contributed by atoms with Crippen LogP contribution in [0.3, 0.4) is 0 Å². The first-order chi connectivity index (χ1) is 10.5. The Morgan fingerprint density at radius 3 is 2.45 bits per heavy atom. The van der Waals surface area contributed by atoms with E-state index in [1.54, 1.807) is 19.2 Å². The molecule has 0 saturated heterocycles. The number of carbonyl (C=O) groups excluding carboxylic acids is 2. The minimum Gasteiger partial charge on any atom is -0.355 e. The summed E-state index contributed by atoms with van der Waals surface area (Å²) in [5, 5.41) is 5.65. The number of nitrogens with zero attached hydrogens (tertiary/aromatic N) is 1.